The third kappa shape index (κ3) is 4.05. The molecule has 0 radical (unpaired) electrons. The number of aromatic amines is 1. The number of methoxy groups -OCH3 is 1. The summed E-state index contributed by atoms with van der Waals surface area (Å²) in [6.07, 6.45) is 3.96. The van der Waals surface area contributed by atoms with Crippen LogP contribution in [0.15, 0.2) is 24.3 Å². The number of carbonyl (C=O) groups is 4. The van der Waals surface area contributed by atoms with Gasteiger partial charge < -0.3 is 30.4 Å². The minimum atomic E-state index is -0.978. The van der Waals surface area contributed by atoms with E-state index in [1.165, 1.54) is 0 Å². The van der Waals surface area contributed by atoms with Crippen LogP contribution in [-0.2, 0) is 14.4 Å². The second-order valence-electron chi connectivity index (χ2n) is 11.3. The number of hydrogen-bond acceptors (Lipinski definition) is 6. The molecule has 10 nitrogen and oxygen atoms in total. The highest BCUT2D eigenvalue weighted by molar-refractivity contribution is 6.02. The van der Waals surface area contributed by atoms with Crippen LogP contribution in [0.1, 0.15) is 42.6 Å². The lowest BCUT2D eigenvalue weighted by Gasteiger charge is -2.31. The summed E-state index contributed by atoms with van der Waals surface area (Å²) in [6, 6.07) is 5.65. The van der Waals surface area contributed by atoms with E-state index in [1.807, 2.05) is 18.2 Å². The number of aromatic nitrogens is 1. The largest absolute Gasteiger partial charge is 0.496 e. The number of aliphatic hydroxyl groups is 1. The highest BCUT2D eigenvalue weighted by atomic mass is 16.5. The summed E-state index contributed by atoms with van der Waals surface area (Å²) in [5, 5.41) is 16.0. The molecule has 7 atom stereocenters. The van der Waals surface area contributed by atoms with Crippen molar-refractivity contribution in [3.63, 3.8) is 0 Å². The summed E-state index contributed by atoms with van der Waals surface area (Å²) in [4.78, 5) is 57.4. The van der Waals surface area contributed by atoms with Gasteiger partial charge in [0.05, 0.1) is 13.2 Å². The van der Waals surface area contributed by atoms with Crippen molar-refractivity contribution in [2.24, 2.45) is 29.6 Å². The van der Waals surface area contributed by atoms with Gasteiger partial charge in [-0.25, -0.2) is 0 Å². The van der Waals surface area contributed by atoms with Crippen LogP contribution in [0, 0.1) is 29.6 Å². The Morgan fingerprint density at radius 2 is 2.03 bits per heavy atom. The number of benzene rings is 1. The Morgan fingerprint density at radius 3 is 2.76 bits per heavy atom. The molecule has 2 bridgehead atoms. The van der Waals surface area contributed by atoms with Gasteiger partial charge in [-0.1, -0.05) is 6.07 Å². The molecule has 2 saturated carbocycles. The lowest BCUT2D eigenvalue weighted by atomic mass is 9.78. The molecular weight excluding hydrogens is 488 g/mol. The number of carbonyl (C=O) groups excluding carboxylic acids is 4. The second kappa shape index (κ2) is 9.72. The van der Waals surface area contributed by atoms with Crippen molar-refractivity contribution in [3.8, 4) is 5.75 Å². The number of rotatable bonds is 8. The second-order valence-corrected chi connectivity index (χ2v) is 11.3. The van der Waals surface area contributed by atoms with E-state index in [9.17, 15) is 24.3 Å². The molecule has 1 aromatic carbocycles. The van der Waals surface area contributed by atoms with Crippen molar-refractivity contribution in [2.45, 2.75) is 44.2 Å². The van der Waals surface area contributed by atoms with Crippen LogP contribution >= 0.6 is 0 Å². The van der Waals surface area contributed by atoms with Gasteiger partial charge in [-0.2, -0.15) is 0 Å². The van der Waals surface area contributed by atoms with Crippen LogP contribution in [0.25, 0.3) is 10.9 Å². The van der Waals surface area contributed by atoms with Gasteiger partial charge in [0.15, 0.2) is 5.78 Å². The molecule has 202 valence electrons. The Morgan fingerprint density at radius 1 is 1.21 bits per heavy atom. The topological polar surface area (TPSA) is 141 Å². The summed E-state index contributed by atoms with van der Waals surface area (Å²) in [5.74, 6) is 0.118. The molecule has 4 fully saturated rings. The van der Waals surface area contributed by atoms with Crippen LogP contribution < -0.4 is 15.4 Å². The number of ether oxygens (including phenoxy) is 1. The van der Waals surface area contributed by atoms with Crippen molar-refractivity contribution in [1.29, 1.82) is 0 Å². The Hall–Kier alpha value is -3.40. The van der Waals surface area contributed by atoms with Gasteiger partial charge in [-0.15, -0.1) is 0 Å². The van der Waals surface area contributed by atoms with Crippen LogP contribution in [0.4, 0.5) is 0 Å². The first-order valence-electron chi connectivity index (χ1n) is 13.6. The molecule has 3 heterocycles. The van der Waals surface area contributed by atoms with E-state index in [0.29, 0.717) is 42.8 Å². The van der Waals surface area contributed by atoms with Gasteiger partial charge in [-0.3, -0.25) is 19.2 Å². The van der Waals surface area contributed by atoms with Crippen LogP contribution in [0.2, 0.25) is 0 Å². The molecule has 3 amide bonds. The van der Waals surface area contributed by atoms with E-state index in [4.69, 9.17) is 4.74 Å². The van der Waals surface area contributed by atoms with Crippen molar-refractivity contribution in [2.75, 3.05) is 26.8 Å². The number of amides is 3. The number of nitrogens with one attached hydrogen (secondary N) is 3. The summed E-state index contributed by atoms with van der Waals surface area (Å²) in [5.41, 5.74) is 1.16. The fourth-order valence-corrected chi connectivity index (χ4v) is 7.66. The summed E-state index contributed by atoms with van der Waals surface area (Å²) >= 11 is 0. The highest BCUT2D eigenvalue weighted by Crippen LogP contribution is 2.57. The third-order valence-electron chi connectivity index (χ3n) is 9.41. The zero-order valence-corrected chi connectivity index (χ0v) is 21.4. The molecule has 4 aliphatic rings. The van der Waals surface area contributed by atoms with Gasteiger partial charge >= 0.3 is 0 Å². The fraction of sp³-hybridized carbons (Fsp3) is 0.571. The Balaban J connectivity index is 1.29. The molecule has 0 spiro atoms. The molecule has 7 unspecified atom stereocenters. The molecule has 6 rings (SSSR count). The number of aliphatic hydroxyl groups excluding tert-OH is 1. The summed E-state index contributed by atoms with van der Waals surface area (Å²) in [6.45, 7) is 0.309. The van der Waals surface area contributed by atoms with Gasteiger partial charge in [0.2, 0.25) is 11.8 Å². The Bertz CT molecular complexity index is 1290. The van der Waals surface area contributed by atoms with Gasteiger partial charge in [-0.05, 0) is 74.0 Å². The average Bonchev–Trinajstić information content (AvgIpc) is 3.74. The maximum Gasteiger partial charge on any atom is 0.271 e. The first-order valence-corrected chi connectivity index (χ1v) is 13.6. The van der Waals surface area contributed by atoms with E-state index in [0.717, 1.165) is 30.2 Å². The van der Waals surface area contributed by atoms with Gasteiger partial charge in [0.25, 0.3) is 5.91 Å². The lowest BCUT2D eigenvalue weighted by molar-refractivity contribution is -0.133. The van der Waals surface area contributed by atoms with Crippen LogP contribution in [-0.4, -0.2) is 77.4 Å². The first kappa shape index (κ1) is 24.9. The maximum atomic E-state index is 13.9. The Kier molecular flexibility index (Phi) is 6.37. The average molecular weight is 523 g/mol. The fourth-order valence-electron chi connectivity index (χ4n) is 7.66. The smallest absolute Gasteiger partial charge is 0.271 e. The molecule has 38 heavy (non-hydrogen) atoms. The number of ketones is 1. The molecule has 2 aliphatic carbocycles. The molecule has 4 N–H and O–H groups in total. The van der Waals surface area contributed by atoms with Crippen molar-refractivity contribution < 1.29 is 29.0 Å². The molecule has 2 aromatic rings. The molecule has 2 aliphatic heterocycles. The zero-order valence-electron chi connectivity index (χ0n) is 21.4. The summed E-state index contributed by atoms with van der Waals surface area (Å²) < 4.78 is 5.45. The van der Waals surface area contributed by atoms with Crippen molar-refractivity contribution in [3.05, 3.63) is 30.0 Å². The van der Waals surface area contributed by atoms with E-state index in [1.54, 1.807) is 18.1 Å². The standard InChI is InChI=1S/C28H34N4O6/c1-38-23-4-2-3-19-17(23)11-21(30-19)28(37)32-12-18-14-5-6-15(9-14)24(18)25(32)27(36)31-20(22(34)13-33)10-16-7-8-29-26(16)35/h2-4,11,14-16,18,20,24-25,30,33H,5-10,12-13H2,1H3,(H,29,35)(H,31,36). The lowest BCUT2D eigenvalue weighted by Crippen LogP contribution is -2.54. The Labute approximate surface area is 220 Å². The zero-order chi connectivity index (χ0) is 26.6. The SMILES string of the molecule is COc1cccc2[nH]c(C(=O)N3CC4C5CCC(C5)C4C3C(=O)NC(CC3CCNC3=O)C(=O)CO)cc12. The number of H-pyrrole nitrogens is 1. The van der Waals surface area contributed by atoms with E-state index < -0.39 is 30.4 Å². The molecule has 10 heteroatoms. The number of likely N-dealkylation sites (tertiary alicyclic amines) is 1. The normalized spacial score (nSPS) is 30.4. The number of nitrogens with zero attached hydrogens (tertiary/aromatic N) is 1. The highest BCUT2D eigenvalue weighted by Gasteiger charge is 2.59. The predicted molar refractivity (Wildman–Crippen MR) is 137 cm³/mol. The monoisotopic (exact) mass is 522 g/mol. The maximum absolute atomic E-state index is 13.9. The number of Topliss-reactive ketones (excluding diaryl/α,β-unsaturated/α-hetero) is 1. The van der Waals surface area contributed by atoms with E-state index in [2.05, 4.69) is 15.6 Å². The van der Waals surface area contributed by atoms with Gasteiger partial charge in [0.1, 0.15) is 24.1 Å². The van der Waals surface area contributed by atoms with Crippen molar-refractivity contribution >= 4 is 34.4 Å². The van der Waals surface area contributed by atoms with E-state index in [-0.39, 0.29) is 36.0 Å². The van der Waals surface area contributed by atoms with Gasteiger partial charge in [0, 0.05) is 29.9 Å². The predicted octanol–water partition coefficient (Wildman–Crippen LogP) is 1.24. The van der Waals surface area contributed by atoms with Crippen LogP contribution in [0.5, 0.6) is 5.75 Å². The summed E-state index contributed by atoms with van der Waals surface area (Å²) in [7, 11) is 1.58. The minimum Gasteiger partial charge on any atom is -0.496 e. The van der Waals surface area contributed by atoms with Crippen molar-refractivity contribution in [1.82, 2.24) is 20.5 Å². The quantitative estimate of drug-likeness (QED) is 0.411. The van der Waals surface area contributed by atoms with E-state index >= 15 is 0 Å². The number of fused-ring (bicyclic) bond motifs is 6. The molecule has 2 saturated heterocycles. The number of hydrogen-bond donors (Lipinski definition) is 4. The third-order valence-corrected chi connectivity index (χ3v) is 9.41. The minimum absolute atomic E-state index is 0.0382. The first-order chi connectivity index (χ1) is 18.4. The molecule has 1 aromatic heterocycles. The molecular formula is C28H34N4O6. The van der Waals surface area contributed by atoms with Crippen LogP contribution in [0.3, 0.4) is 0 Å².